The van der Waals surface area contributed by atoms with Crippen LogP contribution in [0.15, 0.2) is 48.2 Å². The van der Waals surface area contributed by atoms with E-state index in [-0.39, 0.29) is 5.57 Å². The molecule has 0 fully saturated rings. The second-order valence-corrected chi connectivity index (χ2v) is 6.74. The van der Waals surface area contributed by atoms with Gasteiger partial charge in [-0.2, -0.15) is 0 Å². The second-order valence-electron chi connectivity index (χ2n) is 6.74. The van der Waals surface area contributed by atoms with Crippen molar-refractivity contribution in [3.8, 4) is 0 Å². The van der Waals surface area contributed by atoms with E-state index in [9.17, 15) is 14.7 Å². The molecule has 0 unspecified atom stereocenters. The summed E-state index contributed by atoms with van der Waals surface area (Å²) in [5.74, 6) is -1.66. The average Bonchev–Trinajstić information content (AvgIpc) is 2.85. The van der Waals surface area contributed by atoms with Gasteiger partial charge in [0.1, 0.15) is 0 Å². The number of hydrogen-bond donors (Lipinski definition) is 1. The fourth-order valence-corrected chi connectivity index (χ4v) is 3.10. The monoisotopic (exact) mass is 349 g/mol. The number of unbranched alkanes of at least 4 members (excludes halogenated alkanes) is 1. The molecule has 2 amide bonds. The molecular weight excluding hydrogens is 326 g/mol. The van der Waals surface area contributed by atoms with E-state index >= 15 is 0 Å². The van der Waals surface area contributed by atoms with Gasteiger partial charge in [-0.05, 0) is 61.1 Å². The van der Waals surface area contributed by atoms with Gasteiger partial charge in [-0.1, -0.05) is 43.7 Å². The van der Waals surface area contributed by atoms with Gasteiger partial charge in [-0.15, -0.1) is 0 Å². The van der Waals surface area contributed by atoms with Crippen LogP contribution < -0.4 is 4.90 Å². The minimum absolute atomic E-state index is 0.0631. The fourth-order valence-electron chi connectivity index (χ4n) is 3.10. The first-order valence-electron chi connectivity index (χ1n) is 8.92. The Morgan fingerprint density at radius 3 is 2.23 bits per heavy atom. The number of anilines is 1. The van der Waals surface area contributed by atoms with E-state index in [2.05, 4.69) is 6.92 Å². The maximum atomic E-state index is 12.9. The summed E-state index contributed by atoms with van der Waals surface area (Å²) in [6.45, 7) is 6.05. The number of carbonyl (C=O) groups is 2. The first kappa shape index (κ1) is 17.9. The Kier molecular flexibility index (Phi) is 4.94. The number of carbonyl (C=O) groups excluding carboxylic acids is 2. The Morgan fingerprint density at radius 1 is 0.923 bits per heavy atom. The highest BCUT2D eigenvalue weighted by molar-refractivity contribution is 6.44. The molecule has 134 valence electrons. The van der Waals surface area contributed by atoms with Gasteiger partial charge in [0.15, 0.2) is 5.76 Å². The van der Waals surface area contributed by atoms with Crippen LogP contribution in [0, 0.1) is 13.8 Å². The molecule has 0 spiro atoms. The summed E-state index contributed by atoms with van der Waals surface area (Å²) in [6.07, 6.45) is 3.18. The molecule has 2 aromatic carbocycles. The Bertz CT molecular complexity index is 894. The van der Waals surface area contributed by atoms with E-state index in [0.717, 1.165) is 35.3 Å². The van der Waals surface area contributed by atoms with Crippen LogP contribution in [0.25, 0.3) is 5.57 Å². The Labute approximate surface area is 153 Å². The second kappa shape index (κ2) is 7.16. The summed E-state index contributed by atoms with van der Waals surface area (Å²) in [4.78, 5) is 26.4. The topological polar surface area (TPSA) is 57.6 Å². The van der Waals surface area contributed by atoms with Gasteiger partial charge < -0.3 is 5.11 Å². The summed E-state index contributed by atoms with van der Waals surface area (Å²) in [7, 11) is 0. The smallest absolute Gasteiger partial charge is 0.301 e. The number of aliphatic hydroxyl groups excluding tert-OH is 1. The molecule has 0 radical (unpaired) electrons. The maximum Gasteiger partial charge on any atom is 0.301 e. The molecule has 0 aromatic heterocycles. The summed E-state index contributed by atoms with van der Waals surface area (Å²) in [6, 6.07) is 12.8. The highest BCUT2D eigenvalue weighted by Gasteiger charge is 2.40. The van der Waals surface area contributed by atoms with Crippen LogP contribution in [-0.2, 0) is 16.0 Å². The molecule has 26 heavy (non-hydrogen) atoms. The number of aryl methyl sites for hydroxylation is 3. The van der Waals surface area contributed by atoms with E-state index in [0.29, 0.717) is 11.3 Å². The normalized spacial score (nSPS) is 14.5. The van der Waals surface area contributed by atoms with Crippen LogP contribution in [0.4, 0.5) is 5.69 Å². The van der Waals surface area contributed by atoms with E-state index in [1.54, 1.807) is 18.2 Å². The fraction of sp³-hybridized carbons (Fsp3) is 0.273. The minimum atomic E-state index is -0.676. The average molecular weight is 349 g/mol. The zero-order valence-corrected chi connectivity index (χ0v) is 15.4. The standard InChI is InChI=1S/C22H23NO3/c1-4-5-6-16-8-11-18(12-9-16)23-21(25)19(20(24)22(23)26)17-10-7-14(2)15(3)13-17/h7-13,24H,4-6H2,1-3H3. The molecule has 1 N–H and O–H groups in total. The third-order valence-corrected chi connectivity index (χ3v) is 4.87. The van der Waals surface area contributed by atoms with Gasteiger partial charge in [0.25, 0.3) is 5.91 Å². The minimum Gasteiger partial charge on any atom is -0.502 e. The van der Waals surface area contributed by atoms with Crippen molar-refractivity contribution < 1.29 is 14.7 Å². The largest absolute Gasteiger partial charge is 0.502 e. The first-order chi connectivity index (χ1) is 12.4. The van der Waals surface area contributed by atoms with Crippen molar-refractivity contribution in [2.75, 3.05) is 4.90 Å². The zero-order valence-electron chi connectivity index (χ0n) is 15.4. The van der Waals surface area contributed by atoms with Crippen LogP contribution in [0.3, 0.4) is 0 Å². The molecule has 4 nitrogen and oxygen atoms in total. The Morgan fingerprint density at radius 2 is 1.62 bits per heavy atom. The molecule has 1 aliphatic rings. The maximum absolute atomic E-state index is 12.9. The van der Waals surface area contributed by atoms with Crippen LogP contribution in [0.2, 0.25) is 0 Å². The van der Waals surface area contributed by atoms with E-state index < -0.39 is 17.6 Å². The highest BCUT2D eigenvalue weighted by Crippen LogP contribution is 2.32. The third-order valence-electron chi connectivity index (χ3n) is 4.87. The van der Waals surface area contributed by atoms with Crippen LogP contribution in [0.5, 0.6) is 0 Å². The Balaban J connectivity index is 1.91. The summed E-state index contributed by atoms with van der Waals surface area (Å²) in [5.41, 5.74) is 4.36. The van der Waals surface area contributed by atoms with Gasteiger partial charge in [0, 0.05) is 0 Å². The number of benzene rings is 2. The predicted octanol–water partition coefficient (Wildman–Crippen LogP) is 4.49. The first-order valence-corrected chi connectivity index (χ1v) is 8.92. The van der Waals surface area contributed by atoms with Crippen molar-refractivity contribution in [3.63, 3.8) is 0 Å². The molecule has 0 aliphatic carbocycles. The predicted molar refractivity (Wildman–Crippen MR) is 103 cm³/mol. The molecule has 1 heterocycles. The number of imide groups is 1. The lowest BCUT2D eigenvalue weighted by molar-refractivity contribution is -0.121. The quantitative estimate of drug-likeness (QED) is 0.809. The lowest BCUT2D eigenvalue weighted by Gasteiger charge is -2.15. The van der Waals surface area contributed by atoms with E-state index in [4.69, 9.17) is 0 Å². The summed E-state index contributed by atoms with van der Waals surface area (Å²) in [5, 5.41) is 10.3. The zero-order chi connectivity index (χ0) is 18.8. The molecule has 0 saturated carbocycles. The molecule has 0 bridgehead atoms. The molecule has 2 aromatic rings. The molecule has 1 aliphatic heterocycles. The number of nitrogens with zero attached hydrogens (tertiary/aromatic N) is 1. The van der Waals surface area contributed by atoms with Gasteiger partial charge in [0.05, 0.1) is 11.3 Å². The van der Waals surface area contributed by atoms with Crippen molar-refractivity contribution in [2.45, 2.75) is 40.0 Å². The molecule has 0 saturated heterocycles. The number of rotatable bonds is 5. The number of amides is 2. The molecule has 0 atom stereocenters. The van der Waals surface area contributed by atoms with Crippen LogP contribution >= 0.6 is 0 Å². The molecular formula is C22H23NO3. The number of hydrogen-bond acceptors (Lipinski definition) is 3. The SMILES string of the molecule is CCCCc1ccc(N2C(=O)C(O)=C(c3ccc(C)c(C)c3)C2=O)cc1. The lowest BCUT2D eigenvalue weighted by Crippen LogP contribution is -2.31. The Hall–Kier alpha value is -2.88. The van der Waals surface area contributed by atoms with Crippen molar-refractivity contribution in [1.29, 1.82) is 0 Å². The van der Waals surface area contributed by atoms with Gasteiger partial charge >= 0.3 is 5.91 Å². The van der Waals surface area contributed by atoms with Crippen LogP contribution in [0.1, 0.15) is 42.0 Å². The van der Waals surface area contributed by atoms with E-state index in [1.807, 2.05) is 38.1 Å². The van der Waals surface area contributed by atoms with Crippen molar-refractivity contribution in [2.24, 2.45) is 0 Å². The van der Waals surface area contributed by atoms with Crippen molar-refractivity contribution in [1.82, 2.24) is 0 Å². The van der Waals surface area contributed by atoms with Crippen molar-refractivity contribution in [3.05, 3.63) is 70.5 Å². The van der Waals surface area contributed by atoms with Crippen LogP contribution in [-0.4, -0.2) is 16.9 Å². The van der Waals surface area contributed by atoms with Gasteiger partial charge in [-0.25, -0.2) is 4.90 Å². The third kappa shape index (κ3) is 3.15. The summed E-state index contributed by atoms with van der Waals surface area (Å²) < 4.78 is 0. The van der Waals surface area contributed by atoms with Crippen molar-refractivity contribution >= 4 is 23.1 Å². The van der Waals surface area contributed by atoms with Gasteiger partial charge in [0.2, 0.25) is 0 Å². The van der Waals surface area contributed by atoms with Gasteiger partial charge in [-0.3, -0.25) is 9.59 Å². The highest BCUT2D eigenvalue weighted by atomic mass is 16.3. The molecule has 3 rings (SSSR count). The van der Waals surface area contributed by atoms with E-state index in [1.165, 1.54) is 5.56 Å². The lowest BCUT2D eigenvalue weighted by atomic mass is 10.00. The number of aliphatic hydroxyl groups is 1. The summed E-state index contributed by atoms with van der Waals surface area (Å²) >= 11 is 0. The molecule has 4 heteroatoms.